The summed E-state index contributed by atoms with van der Waals surface area (Å²) in [4.78, 5) is 26.2. The van der Waals surface area contributed by atoms with Crippen LogP contribution in [0.25, 0.3) is 0 Å². The van der Waals surface area contributed by atoms with Gasteiger partial charge in [0.05, 0.1) is 11.5 Å². The molecule has 102 valence electrons. The van der Waals surface area contributed by atoms with Crippen LogP contribution in [0.2, 0.25) is 0 Å². The molecule has 5 nitrogen and oxygen atoms in total. The summed E-state index contributed by atoms with van der Waals surface area (Å²) in [5, 5.41) is 11.7. The maximum absolute atomic E-state index is 12.6. The molecule has 19 heavy (non-hydrogen) atoms. The number of nitrogens with one attached hydrogen (secondary N) is 1. The zero-order valence-corrected chi connectivity index (χ0v) is 10.3. The van der Waals surface area contributed by atoms with E-state index in [1.54, 1.807) is 0 Å². The summed E-state index contributed by atoms with van der Waals surface area (Å²) in [5.41, 5.74) is 0.277. The standard InChI is InChI=1S/C13H15FN2O3/c14-11-5-4-9(7-15-11)12(17)16-10-3-1-2-8(6-10)13(18)19/h4-5,7-8,10H,1-3,6H2,(H,16,17)(H,18,19). The predicted molar refractivity (Wildman–Crippen MR) is 65.0 cm³/mol. The number of hydrogen-bond acceptors (Lipinski definition) is 3. The van der Waals surface area contributed by atoms with Gasteiger partial charge in [0.15, 0.2) is 0 Å². The minimum atomic E-state index is -0.817. The van der Waals surface area contributed by atoms with Gasteiger partial charge in [0, 0.05) is 12.2 Å². The van der Waals surface area contributed by atoms with Gasteiger partial charge in [-0.1, -0.05) is 6.42 Å². The van der Waals surface area contributed by atoms with E-state index in [2.05, 4.69) is 10.3 Å². The van der Waals surface area contributed by atoms with Crippen molar-refractivity contribution < 1.29 is 19.1 Å². The number of rotatable bonds is 3. The lowest BCUT2D eigenvalue weighted by molar-refractivity contribution is -0.143. The van der Waals surface area contributed by atoms with Crippen molar-refractivity contribution >= 4 is 11.9 Å². The number of aromatic nitrogens is 1. The smallest absolute Gasteiger partial charge is 0.306 e. The number of aliphatic carboxylic acids is 1. The Morgan fingerprint density at radius 1 is 1.37 bits per heavy atom. The van der Waals surface area contributed by atoms with Crippen LogP contribution < -0.4 is 5.32 Å². The highest BCUT2D eigenvalue weighted by atomic mass is 19.1. The molecule has 6 heteroatoms. The lowest BCUT2D eigenvalue weighted by Gasteiger charge is -2.27. The Hall–Kier alpha value is -1.98. The van der Waals surface area contributed by atoms with E-state index in [0.717, 1.165) is 18.9 Å². The third-order valence-corrected chi connectivity index (χ3v) is 3.35. The molecule has 1 aromatic rings. The zero-order valence-electron chi connectivity index (χ0n) is 10.3. The molecule has 2 N–H and O–H groups in total. The van der Waals surface area contributed by atoms with Gasteiger partial charge in [-0.3, -0.25) is 9.59 Å². The molecule has 0 saturated heterocycles. The Morgan fingerprint density at radius 2 is 2.16 bits per heavy atom. The van der Waals surface area contributed by atoms with E-state index < -0.39 is 17.8 Å². The van der Waals surface area contributed by atoms with E-state index in [1.165, 1.54) is 12.3 Å². The molecule has 1 amide bonds. The van der Waals surface area contributed by atoms with Gasteiger partial charge >= 0.3 is 5.97 Å². The lowest BCUT2D eigenvalue weighted by atomic mass is 9.85. The second-order valence-electron chi connectivity index (χ2n) is 4.74. The Bertz CT molecular complexity index is 475. The number of pyridine rings is 1. The highest BCUT2D eigenvalue weighted by Gasteiger charge is 2.27. The quantitative estimate of drug-likeness (QED) is 0.814. The fourth-order valence-corrected chi connectivity index (χ4v) is 2.32. The highest BCUT2D eigenvalue weighted by Crippen LogP contribution is 2.24. The molecule has 1 heterocycles. The number of carbonyl (C=O) groups excluding carboxylic acids is 1. The number of carboxylic acids is 1. The molecule has 1 aliphatic rings. The predicted octanol–water partition coefficient (Wildman–Crippen LogP) is 1.59. The second kappa shape index (κ2) is 5.77. The van der Waals surface area contributed by atoms with Crippen LogP contribution in [0.3, 0.4) is 0 Å². The van der Waals surface area contributed by atoms with Crippen LogP contribution in [0, 0.1) is 11.9 Å². The molecule has 0 aliphatic heterocycles. The van der Waals surface area contributed by atoms with Crippen molar-refractivity contribution in [3.63, 3.8) is 0 Å². The highest BCUT2D eigenvalue weighted by molar-refractivity contribution is 5.94. The summed E-state index contributed by atoms with van der Waals surface area (Å²) in [6, 6.07) is 2.33. The van der Waals surface area contributed by atoms with Gasteiger partial charge in [-0.25, -0.2) is 4.98 Å². The molecule has 0 spiro atoms. The summed E-state index contributed by atoms with van der Waals surface area (Å²) in [5.74, 6) is -2.20. The van der Waals surface area contributed by atoms with E-state index in [4.69, 9.17) is 5.11 Å². The topological polar surface area (TPSA) is 79.3 Å². The largest absolute Gasteiger partial charge is 0.481 e. The van der Waals surface area contributed by atoms with Gasteiger partial charge in [0.2, 0.25) is 5.95 Å². The molecule has 1 aliphatic carbocycles. The zero-order chi connectivity index (χ0) is 13.8. The number of nitrogens with zero attached hydrogens (tertiary/aromatic N) is 1. The Labute approximate surface area is 109 Å². The maximum Gasteiger partial charge on any atom is 0.306 e. The number of hydrogen-bond donors (Lipinski definition) is 2. The van der Waals surface area contributed by atoms with Gasteiger partial charge in [0.1, 0.15) is 0 Å². The summed E-state index contributed by atoms with van der Waals surface area (Å²) in [7, 11) is 0. The summed E-state index contributed by atoms with van der Waals surface area (Å²) in [6.07, 6.45) is 3.81. The fraction of sp³-hybridized carbons (Fsp3) is 0.462. The third kappa shape index (κ3) is 3.49. The van der Waals surface area contributed by atoms with E-state index in [1.807, 2.05) is 0 Å². The van der Waals surface area contributed by atoms with Gasteiger partial charge in [0.25, 0.3) is 5.91 Å². The number of carbonyl (C=O) groups is 2. The molecule has 0 aromatic carbocycles. The van der Waals surface area contributed by atoms with Gasteiger partial charge in [-0.2, -0.15) is 4.39 Å². The van der Waals surface area contributed by atoms with Crippen molar-refractivity contribution in [1.29, 1.82) is 0 Å². The van der Waals surface area contributed by atoms with E-state index in [0.29, 0.717) is 12.8 Å². The van der Waals surface area contributed by atoms with Crippen molar-refractivity contribution in [3.8, 4) is 0 Å². The summed E-state index contributed by atoms with van der Waals surface area (Å²) in [6.45, 7) is 0. The van der Waals surface area contributed by atoms with Crippen molar-refractivity contribution in [2.45, 2.75) is 31.7 Å². The number of halogens is 1. The first-order valence-corrected chi connectivity index (χ1v) is 6.21. The number of carboxylic acid groups (broad SMARTS) is 1. The van der Waals surface area contributed by atoms with Crippen LogP contribution in [-0.4, -0.2) is 28.0 Å². The summed E-state index contributed by atoms with van der Waals surface area (Å²) >= 11 is 0. The Morgan fingerprint density at radius 3 is 2.79 bits per heavy atom. The average molecular weight is 266 g/mol. The van der Waals surface area contributed by atoms with Crippen molar-refractivity contribution in [3.05, 3.63) is 29.8 Å². The molecule has 1 aromatic heterocycles. The Kier molecular flexibility index (Phi) is 4.09. The molecule has 2 atom stereocenters. The average Bonchev–Trinajstić information content (AvgIpc) is 2.39. The van der Waals surface area contributed by atoms with Gasteiger partial charge in [-0.15, -0.1) is 0 Å². The molecule has 0 bridgehead atoms. The first-order valence-electron chi connectivity index (χ1n) is 6.21. The Balaban J connectivity index is 1.95. The lowest BCUT2D eigenvalue weighted by Crippen LogP contribution is -2.40. The SMILES string of the molecule is O=C(NC1CCCC(C(=O)O)C1)c1ccc(F)nc1. The maximum atomic E-state index is 12.6. The van der Waals surface area contributed by atoms with Gasteiger partial charge in [-0.05, 0) is 31.4 Å². The third-order valence-electron chi connectivity index (χ3n) is 3.35. The molecule has 2 unspecified atom stereocenters. The minimum Gasteiger partial charge on any atom is -0.481 e. The van der Waals surface area contributed by atoms with Crippen molar-refractivity contribution in [1.82, 2.24) is 10.3 Å². The van der Waals surface area contributed by atoms with Crippen LogP contribution in [0.15, 0.2) is 18.3 Å². The van der Waals surface area contributed by atoms with Gasteiger partial charge < -0.3 is 10.4 Å². The molecular formula is C13H15FN2O3. The molecule has 1 saturated carbocycles. The monoisotopic (exact) mass is 266 g/mol. The van der Waals surface area contributed by atoms with Crippen molar-refractivity contribution in [2.75, 3.05) is 0 Å². The van der Waals surface area contributed by atoms with Crippen LogP contribution in [0.4, 0.5) is 4.39 Å². The van der Waals surface area contributed by atoms with Crippen LogP contribution in [-0.2, 0) is 4.79 Å². The normalized spacial score (nSPS) is 22.8. The molecule has 0 radical (unpaired) electrons. The first kappa shape index (κ1) is 13.5. The summed E-state index contributed by atoms with van der Waals surface area (Å²) < 4.78 is 12.6. The fourth-order valence-electron chi connectivity index (χ4n) is 2.32. The minimum absolute atomic E-state index is 0.146. The van der Waals surface area contributed by atoms with E-state index >= 15 is 0 Å². The first-order chi connectivity index (χ1) is 9.06. The second-order valence-corrected chi connectivity index (χ2v) is 4.74. The van der Waals surface area contributed by atoms with E-state index in [9.17, 15) is 14.0 Å². The van der Waals surface area contributed by atoms with Crippen LogP contribution in [0.5, 0.6) is 0 Å². The molecule has 1 fully saturated rings. The number of amides is 1. The molecule has 2 rings (SSSR count). The van der Waals surface area contributed by atoms with Crippen molar-refractivity contribution in [2.24, 2.45) is 5.92 Å². The van der Waals surface area contributed by atoms with Crippen LogP contribution >= 0.6 is 0 Å². The molecular weight excluding hydrogens is 251 g/mol. The van der Waals surface area contributed by atoms with Crippen LogP contribution in [0.1, 0.15) is 36.0 Å². The van der Waals surface area contributed by atoms with E-state index in [-0.39, 0.29) is 17.5 Å².